The van der Waals surface area contributed by atoms with Crippen molar-refractivity contribution in [2.24, 2.45) is 11.7 Å². The van der Waals surface area contributed by atoms with E-state index in [1.807, 2.05) is 38.1 Å². The second kappa shape index (κ2) is 8.41. The second-order valence-electron chi connectivity index (χ2n) is 6.83. The summed E-state index contributed by atoms with van der Waals surface area (Å²) in [6, 6.07) is 12.1. The Labute approximate surface area is 167 Å². The lowest BCUT2D eigenvalue weighted by molar-refractivity contribution is -0.125. The highest BCUT2D eigenvalue weighted by atomic mass is 35.5. The van der Waals surface area contributed by atoms with E-state index < -0.39 is 6.04 Å². The Hall–Kier alpha value is -2.90. The van der Waals surface area contributed by atoms with E-state index in [-0.39, 0.29) is 24.3 Å². The van der Waals surface area contributed by atoms with Crippen molar-refractivity contribution in [2.75, 3.05) is 11.9 Å². The quantitative estimate of drug-likeness (QED) is 0.510. The van der Waals surface area contributed by atoms with Gasteiger partial charge in [-0.25, -0.2) is 4.98 Å². The van der Waals surface area contributed by atoms with Gasteiger partial charge < -0.3 is 21.4 Å². The maximum atomic E-state index is 12.0. The minimum atomic E-state index is -0.635. The Balaban J connectivity index is 1.61. The molecule has 1 heterocycles. The van der Waals surface area contributed by atoms with Gasteiger partial charge in [-0.3, -0.25) is 9.59 Å². The number of fused-ring (bicyclic) bond motifs is 1. The lowest BCUT2D eigenvalue weighted by Crippen LogP contribution is -2.46. The van der Waals surface area contributed by atoms with Gasteiger partial charge in [0, 0.05) is 11.3 Å². The van der Waals surface area contributed by atoms with Crippen LogP contribution in [0.2, 0.25) is 5.02 Å². The van der Waals surface area contributed by atoms with Gasteiger partial charge in [0.25, 0.3) is 0 Å². The van der Waals surface area contributed by atoms with Crippen LogP contribution in [0.3, 0.4) is 0 Å². The maximum Gasteiger partial charge on any atom is 0.243 e. The molecule has 0 bridgehead atoms. The number of hydrogen-bond acceptors (Lipinski definition) is 4. The molecule has 28 heavy (non-hydrogen) atoms. The standard InChI is InChI=1S/C20H22ClN5O2/c1-11(2)17(22)20(28)23-10-16(27)24-13-8-6-12(7-9-13)19-25-15-5-3-4-14(21)18(15)26-19/h3-9,11,17H,10,22H2,1-2H3,(H,23,28)(H,24,27)(H,25,26)/t17-/m0/s1. The number of nitrogens with two attached hydrogens (primary N) is 1. The van der Waals surface area contributed by atoms with Crippen molar-refractivity contribution in [3.8, 4) is 11.4 Å². The number of hydrogen-bond donors (Lipinski definition) is 4. The summed E-state index contributed by atoms with van der Waals surface area (Å²) in [5.74, 6) is 0.0243. The van der Waals surface area contributed by atoms with Gasteiger partial charge in [-0.1, -0.05) is 31.5 Å². The van der Waals surface area contributed by atoms with Gasteiger partial charge in [-0.15, -0.1) is 0 Å². The zero-order valence-corrected chi connectivity index (χ0v) is 16.4. The lowest BCUT2D eigenvalue weighted by atomic mass is 10.1. The van der Waals surface area contributed by atoms with Gasteiger partial charge in [-0.2, -0.15) is 0 Å². The lowest BCUT2D eigenvalue weighted by Gasteiger charge is -2.15. The molecule has 3 rings (SSSR count). The molecule has 7 nitrogen and oxygen atoms in total. The number of nitrogens with zero attached hydrogens (tertiary/aromatic N) is 1. The van der Waals surface area contributed by atoms with Crippen LogP contribution in [0.15, 0.2) is 42.5 Å². The molecule has 0 radical (unpaired) electrons. The number of carbonyl (C=O) groups excluding carboxylic acids is 2. The molecule has 0 saturated carbocycles. The molecule has 146 valence electrons. The summed E-state index contributed by atoms with van der Waals surface area (Å²) < 4.78 is 0. The third-order valence-electron chi connectivity index (χ3n) is 4.35. The highest BCUT2D eigenvalue weighted by Crippen LogP contribution is 2.26. The molecule has 0 aliphatic carbocycles. The number of benzene rings is 2. The minimum absolute atomic E-state index is 0.00346. The van der Waals surface area contributed by atoms with E-state index in [0.29, 0.717) is 22.1 Å². The van der Waals surface area contributed by atoms with Crippen LogP contribution in [0.4, 0.5) is 5.69 Å². The number of para-hydroxylation sites is 1. The average molecular weight is 400 g/mol. The molecule has 5 N–H and O–H groups in total. The monoisotopic (exact) mass is 399 g/mol. The van der Waals surface area contributed by atoms with E-state index in [4.69, 9.17) is 17.3 Å². The third kappa shape index (κ3) is 4.49. The van der Waals surface area contributed by atoms with Crippen molar-refractivity contribution in [3.05, 3.63) is 47.5 Å². The highest BCUT2D eigenvalue weighted by Gasteiger charge is 2.17. The zero-order valence-electron chi connectivity index (χ0n) is 15.6. The molecule has 0 aliphatic heterocycles. The third-order valence-corrected chi connectivity index (χ3v) is 4.65. The summed E-state index contributed by atoms with van der Waals surface area (Å²) in [6.07, 6.45) is 0. The first-order valence-electron chi connectivity index (χ1n) is 8.93. The number of halogens is 1. The van der Waals surface area contributed by atoms with Gasteiger partial charge in [0.15, 0.2) is 0 Å². The fourth-order valence-corrected chi connectivity index (χ4v) is 2.86. The molecule has 1 aromatic heterocycles. The Morgan fingerprint density at radius 3 is 2.54 bits per heavy atom. The van der Waals surface area contributed by atoms with E-state index in [9.17, 15) is 9.59 Å². The maximum absolute atomic E-state index is 12.0. The summed E-state index contributed by atoms with van der Waals surface area (Å²) in [6.45, 7) is 3.56. The fraction of sp³-hybridized carbons (Fsp3) is 0.250. The van der Waals surface area contributed by atoms with Gasteiger partial charge in [-0.05, 0) is 42.3 Å². The van der Waals surface area contributed by atoms with Gasteiger partial charge in [0.2, 0.25) is 11.8 Å². The molecule has 2 amide bonds. The van der Waals surface area contributed by atoms with Crippen LogP contribution in [0.25, 0.3) is 22.4 Å². The molecule has 8 heteroatoms. The SMILES string of the molecule is CC(C)[C@H](N)C(=O)NCC(=O)Nc1ccc(-c2nc3c(Cl)cccc3[nH]2)cc1. The predicted molar refractivity (Wildman–Crippen MR) is 111 cm³/mol. The van der Waals surface area contributed by atoms with Crippen LogP contribution < -0.4 is 16.4 Å². The number of amides is 2. The highest BCUT2D eigenvalue weighted by molar-refractivity contribution is 6.35. The van der Waals surface area contributed by atoms with Crippen molar-refractivity contribution < 1.29 is 9.59 Å². The molecule has 2 aromatic carbocycles. The van der Waals surface area contributed by atoms with Gasteiger partial charge >= 0.3 is 0 Å². The normalized spacial score (nSPS) is 12.2. The molecule has 0 spiro atoms. The van der Waals surface area contributed by atoms with E-state index in [1.54, 1.807) is 18.2 Å². The Morgan fingerprint density at radius 1 is 1.18 bits per heavy atom. The second-order valence-corrected chi connectivity index (χ2v) is 7.24. The number of rotatable bonds is 6. The van der Waals surface area contributed by atoms with E-state index in [1.165, 1.54) is 0 Å². The van der Waals surface area contributed by atoms with E-state index in [2.05, 4.69) is 20.6 Å². The van der Waals surface area contributed by atoms with Crippen molar-refractivity contribution in [1.82, 2.24) is 15.3 Å². The van der Waals surface area contributed by atoms with Crippen LogP contribution in [-0.2, 0) is 9.59 Å². The van der Waals surface area contributed by atoms with Crippen LogP contribution in [-0.4, -0.2) is 34.4 Å². The van der Waals surface area contributed by atoms with Crippen molar-refractivity contribution in [2.45, 2.75) is 19.9 Å². The molecule has 1 atom stereocenters. The zero-order chi connectivity index (χ0) is 20.3. The van der Waals surface area contributed by atoms with Gasteiger partial charge in [0.05, 0.1) is 23.1 Å². The van der Waals surface area contributed by atoms with E-state index >= 15 is 0 Å². The van der Waals surface area contributed by atoms with Crippen molar-refractivity contribution >= 4 is 40.1 Å². The summed E-state index contributed by atoms with van der Waals surface area (Å²) in [5.41, 5.74) is 8.80. The Morgan fingerprint density at radius 2 is 1.89 bits per heavy atom. The number of nitrogens with one attached hydrogen (secondary N) is 3. The molecule has 0 fully saturated rings. The topological polar surface area (TPSA) is 113 Å². The molecular formula is C20H22ClN5O2. The minimum Gasteiger partial charge on any atom is -0.346 e. The summed E-state index contributed by atoms with van der Waals surface area (Å²) in [5, 5.41) is 5.86. The number of carbonyl (C=O) groups is 2. The van der Waals surface area contributed by atoms with Gasteiger partial charge in [0.1, 0.15) is 11.3 Å². The van der Waals surface area contributed by atoms with Crippen LogP contribution in [0.1, 0.15) is 13.8 Å². The first kappa shape index (κ1) is 19.9. The molecule has 3 aromatic rings. The largest absolute Gasteiger partial charge is 0.346 e. The number of aromatic amines is 1. The summed E-state index contributed by atoms with van der Waals surface area (Å²) in [7, 11) is 0. The Kier molecular flexibility index (Phi) is 5.96. The molecule has 0 aliphatic rings. The Bertz CT molecular complexity index is 998. The predicted octanol–water partition coefficient (Wildman–Crippen LogP) is 2.92. The van der Waals surface area contributed by atoms with E-state index in [0.717, 1.165) is 11.1 Å². The van der Waals surface area contributed by atoms with Crippen LogP contribution in [0.5, 0.6) is 0 Å². The molecule has 0 unspecified atom stereocenters. The molecular weight excluding hydrogens is 378 g/mol. The summed E-state index contributed by atoms with van der Waals surface area (Å²) >= 11 is 6.16. The molecule has 0 saturated heterocycles. The number of imidazole rings is 1. The number of aromatic nitrogens is 2. The smallest absolute Gasteiger partial charge is 0.243 e. The first-order valence-corrected chi connectivity index (χ1v) is 9.30. The van der Waals surface area contributed by atoms with Crippen LogP contribution in [0, 0.1) is 5.92 Å². The van der Waals surface area contributed by atoms with Crippen molar-refractivity contribution in [1.29, 1.82) is 0 Å². The average Bonchev–Trinajstić information content (AvgIpc) is 3.11. The van der Waals surface area contributed by atoms with Crippen LogP contribution >= 0.6 is 11.6 Å². The van der Waals surface area contributed by atoms with Crippen molar-refractivity contribution in [3.63, 3.8) is 0 Å². The fourth-order valence-electron chi connectivity index (χ4n) is 2.64. The number of anilines is 1. The summed E-state index contributed by atoms with van der Waals surface area (Å²) in [4.78, 5) is 31.6. The first-order chi connectivity index (χ1) is 13.3. The number of H-pyrrole nitrogens is 1.